The van der Waals surface area contributed by atoms with Gasteiger partial charge in [-0.05, 0) is 134 Å². The third kappa shape index (κ3) is 6.00. The first-order valence-corrected chi connectivity index (χ1v) is 21.1. The van der Waals surface area contributed by atoms with Gasteiger partial charge < -0.3 is 4.90 Å². The van der Waals surface area contributed by atoms with Gasteiger partial charge in [0.2, 0.25) is 0 Å². The van der Waals surface area contributed by atoms with Gasteiger partial charge in [-0.1, -0.05) is 151 Å². The number of anilines is 3. The van der Waals surface area contributed by atoms with Crippen LogP contribution in [0.15, 0.2) is 200 Å². The Kier molecular flexibility index (Phi) is 9.00. The van der Waals surface area contributed by atoms with Crippen molar-refractivity contribution in [2.75, 3.05) is 4.90 Å². The molecule has 306 valence electrons. The normalized spacial score (nSPS) is 14.4. The molecule has 2 aliphatic carbocycles. The second-order valence-corrected chi connectivity index (χ2v) is 16.4. The summed E-state index contributed by atoms with van der Waals surface area (Å²) in [5.74, 6) is -0.459. The van der Waals surface area contributed by atoms with Crippen molar-refractivity contribution in [1.29, 1.82) is 5.26 Å². The monoisotopic (exact) mass is 836 g/mol. The van der Waals surface area contributed by atoms with Crippen molar-refractivity contribution in [3.63, 3.8) is 0 Å². The zero-order valence-electron chi connectivity index (χ0n) is 34.5. The van der Waals surface area contributed by atoms with E-state index in [-0.39, 0.29) is 5.56 Å². The molecular weight excluding hydrogens is 801 g/mol. The number of alkyl halides is 3. The molecule has 9 aromatic rings. The Bertz CT molecular complexity index is 3300. The minimum atomic E-state index is -4.80. The van der Waals surface area contributed by atoms with Crippen LogP contribution >= 0.6 is 0 Å². The van der Waals surface area contributed by atoms with Gasteiger partial charge in [-0.3, -0.25) is 0 Å². The summed E-state index contributed by atoms with van der Waals surface area (Å²) in [6.45, 7) is 1.98. The maximum atomic E-state index is 16.1. The third-order valence-electron chi connectivity index (χ3n) is 12.9. The van der Waals surface area contributed by atoms with Gasteiger partial charge in [-0.2, -0.15) is 18.4 Å². The van der Waals surface area contributed by atoms with Crippen LogP contribution in [0.1, 0.15) is 38.9 Å². The third-order valence-corrected chi connectivity index (χ3v) is 12.9. The highest BCUT2D eigenvalue weighted by Crippen LogP contribution is 2.65. The van der Waals surface area contributed by atoms with Crippen molar-refractivity contribution in [2.45, 2.75) is 18.5 Å². The summed E-state index contributed by atoms with van der Waals surface area (Å²) in [6.07, 6.45) is -4.80. The molecule has 0 fully saturated rings. The van der Waals surface area contributed by atoms with Gasteiger partial charge in [-0.15, -0.1) is 0 Å². The molecule has 2 nitrogen and oxygen atoms in total. The standard InChI is InChI=1S/C58H36F4N2/c1-36-19-27-45-46-29-23-41(59)33-53(46)57(51(45)31-36)52-32-37(35-63)20-28-47(52)49-16-10-17-50(56(49)57)48-30-26-43(34-54(48)58(60,61)62)64(42-24-21-39(22-25-42)38-11-4-2-5-12-38)55-18-9-8-15-44(55)40-13-6-3-7-14-40/h2-34H,1H3. The fourth-order valence-electron chi connectivity index (χ4n) is 10.2. The maximum Gasteiger partial charge on any atom is 0.417 e. The molecule has 11 rings (SSSR count). The number of halogens is 4. The van der Waals surface area contributed by atoms with Crippen molar-refractivity contribution in [3.8, 4) is 61.7 Å². The van der Waals surface area contributed by atoms with E-state index in [2.05, 4.69) is 12.1 Å². The van der Waals surface area contributed by atoms with Crippen LogP contribution in [-0.2, 0) is 11.6 Å². The Labute approximate surface area is 368 Å². The van der Waals surface area contributed by atoms with Crippen LogP contribution in [0.3, 0.4) is 0 Å². The largest absolute Gasteiger partial charge is 0.417 e. The van der Waals surface area contributed by atoms with Gasteiger partial charge in [0.1, 0.15) is 5.82 Å². The minimum Gasteiger partial charge on any atom is -0.310 e. The first kappa shape index (κ1) is 38.9. The highest BCUT2D eigenvalue weighted by molar-refractivity contribution is 6.00. The number of hydrogen-bond donors (Lipinski definition) is 0. The van der Waals surface area contributed by atoms with E-state index < -0.39 is 23.0 Å². The fraction of sp³-hybridized carbons (Fsp3) is 0.0517. The molecule has 0 saturated carbocycles. The molecule has 64 heavy (non-hydrogen) atoms. The predicted molar refractivity (Wildman–Crippen MR) is 248 cm³/mol. The van der Waals surface area contributed by atoms with Crippen molar-refractivity contribution >= 4 is 17.1 Å². The van der Waals surface area contributed by atoms with E-state index in [1.54, 1.807) is 36.4 Å². The molecule has 0 amide bonds. The summed E-state index contributed by atoms with van der Waals surface area (Å²) in [5, 5.41) is 10.2. The summed E-state index contributed by atoms with van der Waals surface area (Å²) in [7, 11) is 0. The number of fused-ring (bicyclic) bond motifs is 10. The molecule has 0 aromatic heterocycles. The molecule has 1 atom stereocenters. The fourth-order valence-corrected chi connectivity index (χ4v) is 10.2. The summed E-state index contributed by atoms with van der Waals surface area (Å²) in [4.78, 5) is 1.89. The molecule has 1 spiro atoms. The summed E-state index contributed by atoms with van der Waals surface area (Å²) in [5.41, 5.74) is 11.2. The Balaban J connectivity index is 1.17. The van der Waals surface area contributed by atoms with E-state index in [4.69, 9.17) is 0 Å². The summed E-state index contributed by atoms with van der Waals surface area (Å²) < 4.78 is 64.1. The van der Waals surface area contributed by atoms with E-state index in [9.17, 15) is 5.26 Å². The van der Waals surface area contributed by atoms with Crippen LogP contribution in [0.4, 0.5) is 34.6 Å². The van der Waals surface area contributed by atoms with Crippen molar-refractivity contribution in [1.82, 2.24) is 0 Å². The Morgan fingerprint density at radius 1 is 0.469 bits per heavy atom. The van der Waals surface area contributed by atoms with E-state index in [0.717, 1.165) is 61.2 Å². The van der Waals surface area contributed by atoms with Gasteiger partial charge in [0.25, 0.3) is 0 Å². The molecular formula is C58H36F4N2. The number of benzene rings is 9. The van der Waals surface area contributed by atoms with Crippen LogP contribution in [0.25, 0.3) is 55.6 Å². The van der Waals surface area contributed by atoms with Crippen molar-refractivity contribution < 1.29 is 17.6 Å². The molecule has 1 unspecified atom stereocenters. The summed E-state index contributed by atoms with van der Waals surface area (Å²) >= 11 is 0. The average molecular weight is 837 g/mol. The van der Waals surface area contributed by atoms with Gasteiger partial charge in [0, 0.05) is 16.9 Å². The number of para-hydroxylation sites is 1. The number of nitrogens with zero attached hydrogens (tertiary/aromatic N) is 2. The van der Waals surface area contributed by atoms with E-state index in [0.29, 0.717) is 39.3 Å². The lowest BCUT2D eigenvalue weighted by Crippen LogP contribution is -2.27. The van der Waals surface area contributed by atoms with E-state index in [1.807, 2.05) is 151 Å². The predicted octanol–water partition coefficient (Wildman–Crippen LogP) is 15.8. The molecule has 0 N–H and O–H groups in total. The maximum absolute atomic E-state index is 16.1. The lowest BCUT2D eigenvalue weighted by atomic mass is 9.68. The van der Waals surface area contributed by atoms with Gasteiger partial charge in [-0.25, -0.2) is 4.39 Å². The van der Waals surface area contributed by atoms with Gasteiger partial charge in [0.05, 0.1) is 28.3 Å². The smallest absolute Gasteiger partial charge is 0.310 e. The van der Waals surface area contributed by atoms with Crippen molar-refractivity contribution in [2.24, 2.45) is 0 Å². The minimum absolute atomic E-state index is 0.00411. The topological polar surface area (TPSA) is 27.0 Å². The number of rotatable bonds is 6. The van der Waals surface area contributed by atoms with Crippen LogP contribution in [0.5, 0.6) is 0 Å². The number of hydrogen-bond acceptors (Lipinski definition) is 2. The molecule has 2 aliphatic rings. The second-order valence-electron chi connectivity index (χ2n) is 16.4. The molecule has 0 saturated heterocycles. The lowest BCUT2D eigenvalue weighted by molar-refractivity contribution is -0.137. The average Bonchev–Trinajstić information content (AvgIpc) is 3.78. The molecule has 0 bridgehead atoms. The Hall–Kier alpha value is -8.01. The first-order valence-electron chi connectivity index (χ1n) is 21.1. The van der Waals surface area contributed by atoms with Crippen LogP contribution < -0.4 is 4.90 Å². The lowest BCUT2D eigenvalue weighted by Gasteiger charge is -2.33. The molecule has 0 radical (unpaired) electrons. The zero-order chi connectivity index (χ0) is 43.7. The van der Waals surface area contributed by atoms with E-state index >= 15 is 17.6 Å². The Morgan fingerprint density at radius 3 is 1.73 bits per heavy atom. The Morgan fingerprint density at radius 2 is 1.02 bits per heavy atom. The highest BCUT2D eigenvalue weighted by Gasteiger charge is 2.53. The van der Waals surface area contributed by atoms with Crippen LogP contribution in [0.2, 0.25) is 0 Å². The van der Waals surface area contributed by atoms with Crippen LogP contribution in [-0.4, -0.2) is 0 Å². The van der Waals surface area contributed by atoms with Gasteiger partial charge in [0.15, 0.2) is 0 Å². The molecule has 0 heterocycles. The highest BCUT2D eigenvalue weighted by atomic mass is 19.4. The van der Waals surface area contributed by atoms with E-state index in [1.165, 1.54) is 18.2 Å². The zero-order valence-corrected chi connectivity index (χ0v) is 34.5. The first-order chi connectivity index (χ1) is 31.1. The second kappa shape index (κ2) is 14.8. The quantitative estimate of drug-likeness (QED) is 0.156. The number of aryl methyl sites for hydroxylation is 1. The van der Waals surface area contributed by atoms with Gasteiger partial charge >= 0.3 is 6.18 Å². The van der Waals surface area contributed by atoms with Crippen molar-refractivity contribution in [3.05, 3.63) is 245 Å². The van der Waals surface area contributed by atoms with Crippen LogP contribution in [0, 0.1) is 24.1 Å². The molecule has 0 aliphatic heterocycles. The summed E-state index contributed by atoms with van der Waals surface area (Å²) in [6, 6.07) is 63.9. The molecule has 9 aromatic carbocycles. The SMILES string of the molecule is Cc1ccc2c(c1)C1(c3cc(F)ccc3-2)c2cc(C#N)ccc2-c2cccc(-c3ccc(N(c4ccc(-c5ccccc5)cc4)c4ccccc4-c4ccccc4)cc3C(F)(F)F)c21. The number of nitriles is 1. The molecule has 6 heteroatoms.